The molecule has 0 atom stereocenters. The maximum absolute atomic E-state index is 5.90. The molecule has 0 heterocycles. The number of nitrogens with two attached hydrogens (primary N) is 1. The van der Waals surface area contributed by atoms with Gasteiger partial charge in [0.1, 0.15) is 18.9 Å². The first-order chi connectivity index (χ1) is 8.27. The molecule has 0 saturated heterocycles. The van der Waals surface area contributed by atoms with E-state index in [1.165, 1.54) is 36.8 Å². The highest BCUT2D eigenvalue weighted by Crippen LogP contribution is 2.21. The minimum Gasteiger partial charge on any atom is -0.487 e. The topological polar surface area (TPSA) is 25.8 Å². The van der Waals surface area contributed by atoms with E-state index in [0.29, 0.717) is 0 Å². The molecule has 0 aromatic heterocycles. The lowest BCUT2D eigenvalue weighted by atomic mass is 10.1. The third kappa shape index (κ3) is 3.47. The van der Waals surface area contributed by atoms with E-state index in [2.05, 4.69) is 37.4 Å². The van der Waals surface area contributed by atoms with Gasteiger partial charge in [-0.2, -0.15) is 0 Å². The van der Waals surface area contributed by atoms with Gasteiger partial charge in [-0.25, -0.2) is 0 Å². The first-order valence-corrected chi connectivity index (χ1v) is 6.79. The number of aryl methyl sites for hydroxylation is 2. The highest BCUT2D eigenvalue weighted by atomic mass is 16.5. The second-order valence-corrected chi connectivity index (χ2v) is 5.14. The van der Waals surface area contributed by atoms with E-state index in [-0.39, 0.29) is 0 Å². The van der Waals surface area contributed by atoms with E-state index >= 15 is 0 Å². The van der Waals surface area contributed by atoms with Gasteiger partial charge in [0, 0.05) is 0 Å². The number of para-hydroxylation sites is 1. The molecule has 0 unspecified atom stereocenters. The summed E-state index contributed by atoms with van der Waals surface area (Å²) in [6.45, 7) is 6.13. The van der Waals surface area contributed by atoms with Gasteiger partial charge in [-0.1, -0.05) is 18.2 Å². The van der Waals surface area contributed by atoms with Crippen molar-refractivity contribution in [3.05, 3.63) is 29.3 Å². The summed E-state index contributed by atoms with van der Waals surface area (Å²) < 4.78 is 5.90. The van der Waals surface area contributed by atoms with Crippen molar-refractivity contribution in [3.8, 4) is 5.75 Å². The van der Waals surface area contributed by atoms with Crippen LogP contribution < -0.4 is 10.1 Å². The predicted octanol–water partition coefficient (Wildman–Crippen LogP) is 2.19. The van der Waals surface area contributed by atoms with Crippen molar-refractivity contribution in [2.45, 2.75) is 45.6 Å². The van der Waals surface area contributed by atoms with Gasteiger partial charge >= 0.3 is 0 Å². The highest BCUT2D eigenvalue weighted by molar-refractivity contribution is 5.39. The molecule has 17 heavy (non-hydrogen) atoms. The Morgan fingerprint density at radius 1 is 1.18 bits per heavy atom. The normalized spacial score (nSPS) is 16.4. The molecule has 1 aromatic rings. The predicted molar refractivity (Wildman–Crippen MR) is 70.5 cm³/mol. The third-order valence-corrected chi connectivity index (χ3v) is 3.67. The van der Waals surface area contributed by atoms with Gasteiger partial charge in [0.05, 0.1) is 6.04 Å². The Labute approximate surface area is 104 Å². The van der Waals surface area contributed by atoms with Crippen molar-refractivity contribution < 1.29 is 10.1 Å². The van der Waals surface area contributed by atoms with Crippen molar-refractivity contribution in [2.24, 2.45) is 0 Å². The molecule has 0 bridgehead atoms. The molecule has 0 radical (unpaired) electrons. The Kier molecular flexibility index (Phi) is 4.43. The second-order valence-electron chi connectivity index (χ2n) is 5.14. The third-order valence-electron chi connectivity index (χ3n) is 3.67. The maximum atomic E-state index is 5.90. The van der Waals surface area contributed by atoms with Crippen LogP contribution in [0.1, 0.15) is 36.8 Å². The summed E-state index contributed by atoms with van der Waals surface area (Å²) >= 11 is 0. The summed E-state index contributed by atoms with van der Waals surface area (Å²) in [7, 11) is 0. The second kappa shape index (κ2) is 6.06. The van der Waals surface area contributed by atoms with Crippen LogP contribution in [0.15, 0.2) is 18.2 Å². The summed E-state index contributed by atoms with van der Waals surface area (Å²) in [4.78, 5) is 0. The van der Waals surface area contributed by atoms with Crippen LogP contribution in [0.25, 0.3) is 0 Å². The molecule has 0 aliphatic heterocycles. The molecule has 0 amide bonds. The van der Waals surface area contributed by atoms with Gasteiger partial charge in [-0.05, 0) is 50.7 Å². The van der Waals surface area contributed by atoms with Crippen LogP contribution in [0.2, 0.25) is 0 Å². The minimum atomic E-state index is 0.822. The van der Waals surface area contributed by atoms with Gasteiger partial charge in [0.15, 0.2) is 0 Å². The average molecular weight is 234 g/mol. The first kappa shape index (κ1) is 12.4. The molecule has 2 nitrogen and oxygen atoms in total. The smallest absolute Gasteiger partial charge is 0.137 e. The molecule has 2 rings (SSSR count). The van der Waals surface area contributed by atoms with Crippen LogP contribution in [0.3, 0.4) is 0 Å². The lowest BCUT2D eigenvalue weighted by Gasteiger charge is -2.12. The molecular formula is C15H24NO+. The van der Waals surface area contributed by atoms with Gasteiger partial charge in [-0.15, -0.1) is 0 Å². The summed E-state index contributed by atoms with van der Waals surface area (Å²) in [6, 6.07) is 7.17. The molecule has 2 heteroatoms. The van der Waals surface area contributed by atoms with E-state index in [1.54, 1.807) is 0 Å². The molecule has 1 saturated carbocycles. The fourth-order valence-corrected chi connectivity index (χ4v) is 2.68. The number of rotatable bonds is 5. The van der Waals surface area contributed by atoms with Gasteiger partial charge in [0.25, 0.3) is 0 Å². The summed E-state index contributed by atoms with van der Waals surface area (Å²) in [5, 5.41) is 2.46. The Morgan fingerprint density at radius 3 is 2.47 bits per heavy atom. The van der Waals surface area contributed by atoms with Crippen molar-refractivity contribution in [1.82, 2.24) is 0 Å². The molecule has 94 valence electrons. The SMILES string of the molecule is Cc1cccc(C)c1OCC[NH2+]C1CCCC1. The van der Waals surface area contributed by atoms with Gasteiger partial charge < -0.3 is 10.1 Å². The lowest BCUT2D eigenvalue weighted by Crippen LogP contribution is -2.90. The number of benzene rings is 1. The lowest BCUT2D eigenvalue weighted by molar-refractivity contribution is -0.688. The standard InChI is InChI=1S/C15H23NO/c1-12-6-5-7-13(2)15(12)17-11-10-16-14-8-3-4-9-14/h5-7,14,16H,3-4,8-11H2,1-2H3/p+1. The highest BCUT2D eigenvalue weighted by Gasteiger charge is 2.17. The molecule has 1 aliphatic carbocycles. The summed E-state index contributed by atoms with van der Waals surface area (Å²) in [6.07, 6.45) is 5.62. The van der Waals surface area contributed by atoms with E-state index in [1.807, 2.05) is 0 Å². The van der Waals surface area contributed by atoms with Gasteiger partial charge in [-0.3, -0.25) is 0 Å². The van der Waals surface area contributed by atoms with Crippen LogP contribution in [0, 0.1) is 13.8 Å². The van der Waals surface area contributed by atoms with Crippen LogP contribution >= 0.6 is 0 Å². The molecule has 1 fully saturated rings. The van der Waals surface area contributed by atoms with Crippen molar-refractivity contribution in [2.75, 3.05) is 13.2 Å². The maximum Gasteiger partial charge on any atom is 0.137 e. The first-order valence-electron chi connectivity index (χ1n) is 6.79. The molecule has 1 aliphatic rings. The molecular weight excluding hydrogens is 210 g/mol. The molecule has 0 spiro atoms. The Bertz CT molecular complexity index is 336. The van der Waals surface area contributed by atoms with Crippen molar-refractivity contribution >= 4 is 0 Å². The van der Waals surface area contributed by atoms with E-state index in [0.717, 1.165) is 24.9 Å². The van der Waals surface area contributed by atoms with Crippen LogP contribution in [-0.4, -0.2) is 19.2 Å². The van der Waals surface area contributed by atoms with Gasteiger partial charge in [0.2, 0.25) is 0 Å². The van der Waals surface area contributed by atoms with E-state index in [4.69, 9.17) is 4.74 Å². The molecule has 1 aromatic carbocycles. The fraction of sp³-hybridized carbons (Fsp3) is 0.600. The number of hydrogen-bond acceptors (Lipinski definition) is 1. The largest absolute Gasteiger partial charge is 0.487 e. The average Bonchev–Trinajstić information content (AvgIpc) is 2.80. The number of quaternary nitrogens is 1. The van der Waals surface area contributed by atoms with Crippen LogP contribution in [0.5, 0.6) is 5.75 Å². The van der Waals surface area contributed by atoms with Crippen molar-refractivity contribution in [1.29, 1.82) is 0 Å². The Morgan fingerprint density at radius 2 is 1.82 bits per heavy atom. The zero-order valence-electron chi connectivity index (χ0n) is 11.0. The minimum absolute atomic E-state index is 0.822. The number of ether oxygens (including phenoxy) is 1. The zero-order chi connectivity index (χ0) is 12.1. The Hall–Kier alpha value is -1.02. The van der Waals surface area contributed by atoms with Crippen molar-refractivity contribution in [3.63, 3.8) is 0 Å². The van der Waals surface area contributed by atoms with Crippen LogP contribution in [0.4, 0.5) is 0 Å². The zero-order valence-corrected chi connectivity index (χ0v) is 11.0. The fourth-order valence-electron chi connectivity index (χ4n) is 2.68. The summed E-state index contributed by atoms with van der Waals surface area (Å²) in [5.74, 6) is 1.08. The van der Waals surface area contributed by atoms with E-state index in [9.17, 15) is 0 Å². The summed E-state index contributed by atoms with van der Waals surface area (Å²) in [5.41, 5.74) is 2.48. The van der Waals surface area contributed by atoms with E-state index < -0.39 is 0 Å². The number of hydrogen-bond donors (Lipinski definition) is 1. The molecule has 2 N–H and O–H groups in total. The quantitative estimate of drug-likeness (QED) is 0.776. The Balaban J connectivity index is 1.74. The van der Waals surface area contributed by atoms with Crippen LogP contribution in [-0.2, 0) is 0 Å². The monoisotopic (exact) mass is 234 g/mol.